The van der Waals surface area contributed by atoms with Crippen LogP contribution in [0.25, 0.3) is 0 Å². The van der Waals surface area contributed by atoms with Crippen molar-refractivity contribution in [1.82, 2.24) is 5.32 Å². The first-order valence-electron chi connectivity index (χ1n) is 5.91. The Balaban J connectivity index is 3.44. The predicted octanol–water partition coefficient (Wildman–Crippen LogP) is 2.83. The van der Waals surface area contributed by atoms with Gasteiger partial charge in [-0.05, 0) is 39.2 Å². The van der Waals surface area contributed by atoms with Crippen LogP contribution in [-0.4, -0.2) is 25.3 Å². The molecule has 0 rings (SSSR count). The average molecular weight is 201 g/mol. The molecule has 1 N–H and O–H groups in total. The van der Waals surface area contributed by atoms with E-state index in [1.807, 2.05) is 0 Å². The molecule has 0 saturated heterocycles. The summed E-state index contributed by atoms with van der Waals surface area (Å²) in [6, 6.07) is 0.567. The Morgan fingerprint density at radius 3 is 2.29 bits per heavy atom. The molecule has 2 nitrogen and oxygen atoms in total. The highest BCUT2D eigenvalue weighted by Gasteiger charge is 2.08. The summed E-state index contributed by atoms with van der Waals surface area (Å²) >= 11 is 0. The minimum absolute atomic E-state index is 0.372. The fraction of sp³-hybridized carbons (Fsp3) is 1.00. The fourth-order valence-corrected chi connectivity index (χ4v) is 1.40. The van der Waals surface area contributed by atoms with Crippen molar-refractivity contribution in [3.05, 3.63) is 0 Å². The van der Waals surface area contributed by atoms with E-state index in [9.17, 15) is 0 Å². The van der Waals surface area contributed by atoms with Crippen molar-refractivity contribution in [2.75, 3.05) is 13.2 Å². The molecule has 0 saturated carbocycles. The average Bonchev–Trinajstić information content (AvgIpc) is 2.11. The number of hydrogen-bond acceptors (Lipinski definition) is 2. The van der Waals surface area contributed by atoms with Gasteiger partial charge in [-0.2, -0.15) is 0 Å². The van der Waals surface area contributed by atoms with Gasteiger partial charge in [-0.1, -0.05) is 20.8 Å². The summed E-state index contributed by atoms with van der Waals surface area (Å²) in [5.74, 6) is 0.636. The number of nitrogens with one attached hydrogen (secondary N) is 1. The van der Waals surface area contributed by atoms with E-state index in [1.54, 1.807) is 0 Å². The minimum atomic E-state index is 0.372. The van der Waals surface area contributed by atoms with Gasteiger partial charge in [0.25, 0.3) is 0 Å². The van der Waals surface area contributed by atoms with Crippen LogP contribution < -0.4 is 5.32 Å². The lowest BCUT2D eigenvalue weighted by Gasteiger charge is -2.19. The molecule has 0 aromatic rings. The molecule has 0 bridgehead atoms. The molecule has 0 spiro atoms. The van der Waals surface area contributed by atoms with E-state index in [1.165, 1.54) is 6.42 Å². The highest BCUT2D eigenvalue weighted by Crippen LogP contribution is 2.04. The van der Waals surface area contributed by atoms with Crippen LogP contribution in [0.15, 0.2) is 0 Å². The van der Waals surface area contributed by atoms with E-state index in [0.29, 0.717) is 18.1 Å². The normalized spacial score (nSPS) is 15.9. The molecule has 0 aromatic carbocycles. The van der Waals surface area contributed by atoms with Crippen molar-refractivity contribution >= 4 is 0 Å². The van der Waals surface area contributed by atoms with Crippen LogP contribution >= 0.6 is 0 Å². The molecule has 2 atom stereocenters. The van der Waals surface area contributed by atoms with Gasteiger partial charge in [0.1, 0.15) is 0 Å². The summed E-state index contributed by atoms with van der Waals surface area (Å²) in [5, 5.41) is 3.47. The topological polar surface area (TPSA) is 21.3 Å². The van der Waals surface area contributed by atoms with E-state index >= 15 is 0 Å². The second-order valence-electron chi connectivity index (χ2n) is 4.63. The summed E-state index contributed by atoms with van der Waals surface area (Å²) < 4.78 is 5.71. The van der Waals surface area contributed by atoms with Crippen molar-refractivity contribution in [3.8, 4) is 0 Å². The van der Waals surface area contributed by atoms with Crippen molar-refractivity contribution < 1.29 is 4.74 Å². The van der Waals surface area contributed by atoms with Gasteiger partial charge in [-0.15, -0.1) is 0 Å². The van der Waals surface area contributed by atoms with Crippen LogP contribution in [0.3, 0.4) is 0 Å². The molecule has 0 heterocycles. The second-order valence-corrected chi connectivity index (χ2v) is 4.63. The zero-order valence-electron chi connectivity index (χ0n) is 10.5. The Labute approximate surface area is 89.4 Å². The zero-order chi connectivity index (χ0) is 11.0. The van der Waals surface area contributed by atoms with Crippen LogP contribution in [0.5, 0.6) is 0 Å². The number of hydrogen-bond donors (Lipinski definition) is 1. The minimum Gasteiger partial charge on any atom is -0.378 e. The maximum Gasteiger partial charge on any atom is 0.0561 e. The molecule has 14 heavy (non-hydrogen) atoms. The first-order valence-corrected chi connectivity index (χ1v) is 5.91. The highest BCUT2D eigenvalue weighted by atomic mass is 16.5. The monoisotopic (exact) mass is 201 g/mol. The van der Waals surface area contributed by atoms with Crippen molar-refractivity contribution in [3.63, 3.8) is 0 Å². The fourth-order valence-electron chi connectivity index (χ4n) is 1.40. The van der Waals surface area contributed by atoms with Crippen LogP contribution in [0, 0.1) is 5.92 Å². The Kier molecular flexibility index (Phi) is 8.20. The van der Waals surface area contributed by atoms with Crippen LogP contribution in [0.1, 0.15) is 47.5 Å². The van der Waals surface area contributed by atoms with Crippen LogP contribution in [-0.2, 0) is 4.74 Å². The van der Waals surface area contributed by atoms with Gasteiger partial charge in [0.2, 0.25) is 0 Å². The van der Waals surface area contributed by atoms with Crippen LogP contribution in [0.4, 0.5) is 0 Å². The van der Waals surface area contributed by atoms with Crippen molar-refractivity contribution in [2.45, 2.75) is 59.6 Å². The van der Waals surface area contributed by atoms with Crippen LogP contribution in [0.2, 0.25) is 0 Å². The summed E-state index contributed by atoms with van der Waals surface area (Å²) in [6.07, 6.45) is 2.68. The number of ether oxygens (including phenoxy) is 1. The largest absolute Gasteiger partial charge is 0.378 e. The van der Waals surface area contributed by atoms with E-state index in [0.717, 1.165) is 19.6 Å². The molecule has 0 fully saturated rings. The second kappa shape index (κ2) is 8.25. The van der Waals surface area contributed by atoms with Gasteiger partial charge < -0.3 is 10.1 Å². The van der Waals surface area contributed by atoms with Gasteiger partial charge in [-0.25, -0.2) is 0 Å². The SMILES string of the molecule is CCCNC(C)CC(C)OCC(C)C. The Morgan fingerprint density at radius 2 is 1.79 bits per heavy atom. The van der Waals surface area contributed by atoms with Gasteiger partial charge in [0.15, 0.2) is 0 Å². The van der Waals surface area contributed by atoms with Gasteiger partial charge in [0.05, 0.1) is 6.10 Å². The molecule has 2 unspecified atom stereocenters. The van der Waals surface area contributed by atoms with Gasteiger partial charge in [-0.3, -0.25) is 0 Å². The van der Waals surface area contributed by atoms with Gasteiger partial charge in [0, 0.05) is 12.6 Å². The summed E-state index contributed by atoms with van der Waals surface area (Å²) in [5.41, 5.74) is 0. The Morgan fingerprint density at radius 1 is 1.14 bits per heavy atom. The van der Waals surface area contributed by atoms with Crippen molar-refractivity contribution in [1.29, 1.82) is 0 Å². The number of rotatable bonds is 8. The van der Waals surface area contributed by atoms with E-state index < -0.39 is 0 Å². The predicted molar refractivity (Wildman–Crippen MR) is 62.6 cm³/mol. The standard InChI is InChI=1S/C12H27NO/c1-6-7-13-11(4)8-12(5)14-9-10(2)3/h10-13H,6-9H2,1-5H3. The lowest BCUT2D eigenvalue weighted by atomic mass is 10.1. The maximum atomic E-state index is 5.71. The first kappa shape index (κ1) is 13.9. The lowest BCUT2D eigenvalue weighted by Crippen LogP contribution is -2.31. The molecule has 0 aliphatic rings. The summed E-state index contributed by atoms with van der Waals surface area (Å²) in [4.78, 5) is 0. The molecule has 0 aliphatic carbocycles. The van der Waals surface area contributed by atoms with Gasteiger partial charge >= 0.3 is 0 Å². The Bertz CT molecular complexity index is 125. The molecule has 2 heteroatoms. The van der Waals surface area contributed by atoms with Crippen molar-refractivity contribution in [2.24, 2.45) is 5.92 Å². The van der Waals surface area contributed by atoms with E-state index in [4.69, 9.17) is 4.74 Å². The summed E-state index contributed by atoms with van der Waals surface area (Å²) in [6.45, 7) is 12.9. The molecular weight excluding hydrogens is 174 g/mol. The molecule has 0 amide bonds. The third kappa shape index (κ3) is 8.52. The molecule has 0 radical (unpaired) electrons. The maximum absolute atomic E-state index is 5.71. The smallest absolute Gasteiger partial charge is 0.0561 e. The third-order valence-corrected chi connectivity index (χ3v) is 2.14. The molecule has 0 aromatic heterocycles. The summed E-state index contributed by atoms with van der Waals surface area (Å²) in [7, 11) is 0. The molecule has 86 valence electrons. The molecule has 0 aliphatic heterocycles. The Hall–Kier alpha value is -0.0800. The quantitative estimate of drug-likeness (QED) is 0.652. The van der Waals surface area contributed by atoms with E-state index in [-0.39, 0.29) is 0 Å². The third-order valence-electron chi connectivity index (χ3n) is 2.14. The van der Waals surface area contributed by atoms with E-state index in [2.05, 4.69) is 39.9 Å². The zero-order valence-corrected chi connectivity index (χ0v) is 10.5. The highest BCUT2D eigenvalue weighted by molar-refractivity contribution is 4.64. The first-order chi connectivity index (χ1) is 6.56. The molecular formula is C12H27NO. The lowest BCUT2D eigenvalue weighted by molar-refractivity contribution is 0.0373.